The first-order chi connectivity index (χ1) is 9.92. The third-order valence-electron chi connectivity index (χ3n) is 3.88. The van der Waals surface area contributed by atoms with Gasteiger partial charge in [-0.2, -0.15) is 0 Å². The monoisotopic (exact) mass is 270 g/mol. The molecule has 1 saturated heterocycles. The molecule has 1 N–H and O–H groups in total. The van der Waals surface area contributed by atoms with Gasteiger partial charge in [-0.25, -0.2) is 4.98 Å². The molecule has 2 aromatic rings. The van der Waals surface area contributed by atoms with Crippen LogP contribution in [0.4, 0.5) is 0 Å². The van der Waals surface area contributed by atoms with Crippen LogP contribution in [0.3, 0.4) is 0 Å². The van der Waals surface area contributed by atoms with Crippen molar-refractivity contribution in [1.82, 2.24) is 19.8 Å². The lowest BCUT2D eigenvalue weighted by Crippen LogP contribution is -2.43. The Morgan fingerprint density at radius 3 is 2.70 bits per heavy atom. The van der Waals surface area contributed by atoms with Crippen molar-refractivity contribution in [1.29, 1.82) is 0 Å². The van der Waals surface area contributed by atoms with Crippen LogP contribution in [0.1, 0.15) is 11.3 Å². The van der Waals surface area contributed by atoms with Crippen molar-refractivity contribution in [2.45, 2.75) is 19.5 Å². The fourth-order valence-corrected chi connectivity index (χ4v) is 2.67. The van der Waals surface area contributed by atoms with Crippen molar-refractivity contribution in [2.75, 3.05) is 26.2 Å². The fraction of sp³-hybridized carbons (Fsp3) is 0.438. The van der Waals surface area contributed by atoms with Gasteiger partial charge in [0.25, 0.3) is 0 Å². The van der Waals surface area contributed by atoms with Gasteiger partial charge < -0.3 is 9.88 Å². The summed E-state index contributed by atoms with van der Waals surface area (Å²) in [5, 5.41) is 3.39. The van der Waals surface area contributed by atoms with E-state index in [1.54, 1.807) is 0 Å². The van der Waals surface area contributed by atoms with Crippen molar-refractivity contribution in [3.8, 4) is 0 Å². The quantitative estimate of drug-likeness (QED) is 0.894. The number of nitrogens with zero attached hydrogens (tertiary/aromatic N) is 3. The van der Waals surface area contributed by atoms with E-state index in [1.807, 2.05) is 12.5 Å². The van der Waals surface area contributed by atoms with Crippen molar-refractivity contribution in [3.05, 3.63) is 54.1 Å². The molecule has 1 aliphatic heterocycles. The molecular formula is C16H22N4. The van der Waals surface area contributed by atoms with Gasteiger partial charge in [0, 0.05) is 45.5 Å². The van der Waals surface area contributed by atoms with Gasteiger partial charge >= 0.3 is 0 Å². The van der Waals surface area contributed by atoms with E-state index in [1.165, 1.54) is 11.3 Å². The van der Waals surface area contributed by atoms with Crippen LogP contribution >= 0.6 is 0 Å². The Balaban J connectivity index is 1.58. The molecule has 4 heteroatoms. The summed E-state index contributed by atoms with van der Waals surface area (Å²) in [6, 6.07) is 10.6. The lowest BCUT2D eigenvalue weighted by molar-refractivity contribution is 0.228. The number of hydrogen-bond donors (Lipinski definition) is 1. The molecule has 0 unspecified atom stereocenters. The first-order valence-corrected chi connectivity index (χ1v) is 7.38. The van der Waals surface area contributed by atoms with Gasteiger partial charge in [-0.1, -0.05) is 30.3 Å². The molecule has 0 aliphatic carbocycles. The van der Waals surface area contributed by atoms with Crippen LogP contribution in [-0.2, 0) is 19.5 Å². The molecule has 0 spiro atoms. The van der Waals surface area contributed by atoms with Crippen molar-refractivity contribution in [2.24, 2.45) is 0 Å². The predicted octanol–water partition coefficient (Wildman–Crippen LogP) is 1.53. The number of hydrogen-bond acceptors (Lipinski definition) is 3. The van der Waals surface area contributed by atoms with Crippen molar-refractivity contribution in [3.63, 3.8) is 0 Å². The van der Waals surface area contributed by atoms with Crippen molar-refractivity contribution >= 4 is 0 Å². The van der Waals surface area contributed by atoms with Crippen LogP contribution in [0.15, 0.2) is 42.9 Å². The van der Waals surface area contributed by atoms with Gasteiger partial charge in [0.05, 0.1) is 12.0 Å². The molecule has 106 valence electrons. The minimum atomic E-state index is 1.01. The zero-order valence-electron chi connectivity index (χ0n) is 11.8. The second kappa shape index (κ2) is 6.68. The first-order valence-electron chi connectivity index (χ1n) is 7.38. The lowest BCUT2D eigenvalue weighted by Gasteiger charge is -2.27. The molecule has 1 aromatic carbocycles. The molecule has 0 saturated carbocycles. The molecule has 0 amide bonds. The molecule has 3 rings (SSSR count). The summed E-state index contributed by atoms with van der Waals surface area (Å²) in [4.78, 5) is 6.81. The maximum atomic E-state index is 4.32. The van der Waals surface area contributed by atoms with Crippen LogP contribution in [0.2, 0.25) is 0 Å². The van der Waals surface area contributed by atoms with E-state index < -0.39 is 0 Å². The Bertz CT molecular complexity index is 514. The SMILES string of the molecule is c1ccc(CCn2cncc2CN2CCNCC2)cc1. The highest BCUT2D eigenvalue weighted by Crippen LogP contribution is 2.08. The number of piperazine rings is 1. The Morgan fingerprint density at radius 1 is 1.10 bits per heavy atom. The van der Waals surface area contributed by atoms with Gasteiger partial charge in [0.1, 0.15) is 0 Å². The highest BCUT2D eigenvalue weighted by Gasteiger charge is 2.12. The van der Waals surface area contributed by atoms with Crippen LogP contribution in [0, 0.1) is 0 Å². The highest BCUT2D eigenvalue weighted by molar-refractivity contribution is 5.14. The summed E-state index contributed by atoms with van der Waals surface area (Å²) in [5.41, 5.74) is 2.71. The number of aromatic nitrogens is 2. The minimum absolute atomic E-state index is 1.01. The second-order valence-electron chi connectivity index (χ2n) is 5.34. The normalized spacial score (nSPS) is 16.4. The standard InChI is InChI=1S/C16H22N4/c1-2-4-15(5-3-1)6-9-20-14-18-12-16(20)13-19-10-7-17-8-11-19/h1-5,12,14,17H,6-11,13H2. The smallest absolute Gasteiger partial charge is 0.0948 e. The lowest BCUT2D eigenvalue weighted by atomic mass is 10.1. The van der Waals surface area contributed by atoms with E-state index in [9.17, 15) is 0 Å². The number of imidazole rings is 1. The van der Waals surface area contributed by atoms with Crippen LogP contribution in [0.25, 0.3) is 0 Å². The minimum Gasteiger partial charge on any atom is -0.333 e. The Morgan fingerprint density at radius 2 is 1.90 bits per heavy atom. The van der Waals surface area contributed by atoms with Gasteiger partial charge in [-0.05, 0) is 12.0 Å². The Labute approximate surface area is 120 Å². The molecule has 0 atom stereocenters. The van der Waals surface area contributed by atoms with E-state index in [0.717, 1.165) is 45.7 Å². The van der Waals surface area contributed by atoms with Crippen LogP contribution in [-0.4, -0.2) is 40.6 Å². The zero-order valence-corrected chi connectivity index (χ0v) is 11.8. The zero-order chi connectivity index (χ0) is 13.6. The molecule has 2 heterocycles. The maximum absolute atomic E-state index is 4.32. The summed E-state index contributed by atoms with van der Waals surface area (Å²) in [7, 11) is 0. The number of rotatable bonds is 5. The predicted molar refractivity (Wildman–Crippen MR) is 80.5 cm³/mol. The highest BCUT2D eigenvalue weighted by atomic mass is 15.2. The average molecular weight is 270 g/mol. The van der Waals surface area contributed by atoms with E-state index in [2.05, 4.69) is 50.1 Å². The van der Waals surface area contributed by atoms with Gasteiger partial charge in [-0.15, -0.1) is 0 Å². The van der Waals surface area contributed by atoms with Crippen molar-refractivity contribution < 1.29 is 0 Å². The van der Waals surface area contributed by atoms with Gasteiger partial charge in [0.2, 0.25) is 0 Å². The van der Waals surface area contributed by atoms with Gasteiger partial charge in [0.15, 0.2) is 0 Å². The maximum Gasteiger partial charge on any atom is 0.0948 e. The van der Waals surface area contributed by atoms with Crippen LogP contribution in [0.5, 0.6) is 0 Å². The Hall–Kier alpha value is -1.65. The van der Waals surface area contributed by atoms with E-state index in [-0.39, 0.29) is 0 Å². The molecule has 20 heavy (non-hydrogen) atoms. The van der Waals surface area contributed by atoms with E-state index >= 15 is 0 Å². The molecule has 1 fully saturated rings. The second-order valence-corrected chi connectivity index (χ2v) is 5.34. The number of benzene rings is 1. The van der Waals surface area contributed by atoms with E-state index in [0.29, 0.717) is 0 Å². The fourth-order valence-electron chi connectivity index (χ4n) is 2.67. The molecule has 1 aromatic heterocycles. The summed E-state index contributed by atoms with van der Waals surface area (Å²) >= 11 is 0. The van der Waals surface area contributed by atoms with E-state index in [4.69, 9.17) is 0 Å². The summed E-state index contributed by atoms with van der Waals surface area (Å²) < 4.78 is 2.29. The number of aryl methyl sites for hydroxylation is 2. The molecule has 1 aliphatic rings. The number of nitrogens with one attached hydrogen (secondary N) is 1. The molecular weight excluding hydrogens is 248 g/mol. The average Bonchev–Trinajstić information content (AvgIpc) is 2.94. The third kappa shape index (κ3) is 3.46. The summed E-state index contributed by atoms with van der Waals surface area (Å²) in [5.74, 6) is 0. The molecule has 0 bridgehead atoms. The first kappa shape index (κ1) is 13.3. The van der Waals surface area contributed by atoms with Crippen LogP contribution < -0.4 is 5.32 Å². The molecule has 0 radical (unpaired) electrons. The topological polar surface area (TPSA) is 33.1 Å². The Kier molecular flexibility index (Phi) is 4.46. The summed E-state index contributed by atoms with van der Waals surface area (Å²) in [6.45, 7) is 6.46. The molecule has 4 nitrogen and oxygen atoms in total. The summed E-state index contributed by atoms with van der Waals surface area (Å²) in [6.07, 6.45) is 5.03. The largest absolute Gasteiger partial charge is 0.333 e. The third-order valence-corrected chi connectivity index (χ3v) is 3.88. The van der Waals surface area contributed by atoms with Gasteiger partial charge in [-0.3, -0.25) is 4.90 Å².